The fourth-order valence-electron chi connectivity index (χ4n) is 15.7. The fourth-order valence-corrected chi connectivity index (χ4v) is 17.3. The maximum Gasteiger partial charge on any atom is 0.307 e. The van der Waals surface area contributed by atoms with E-state index >= 15 is 9.59 Å². The highest BCUT2D eigenvalue weighted by Gasteiger charge is 2.48. The predicted octanol–water partition coefficient (Wildman–Crippen LogP) is 20.0. The summed E-state index contributed by atoms with van der Waals surface area (Å²) in [5.41, 5.74) is 11.8. The average molecular weight is 1390 g/mol. The van der Waals surface area contributed by atoms with Crippen LogP contribution in [-0.4, -0.2) is 56.2 Å². The van der Waals surface area contributed by atoms with Gasteiger partial charge in [-0.25, -0.2) is 0 Å². The number of amides is 2. The highest BCUT2D eigenvalue weighted by atomic mass is 79.9. The second-order valence-corrected chi connectivity index (χ2v) is 29.3. The van der Waals surface area contributed by atoms with Crippen molar-refractivity contribution in [2.75, 3.05) is 13.1 Å². The summed E-state index contributed by atoms with van der Waals surface area (Å²) in [6.07, 6.45) is 23.8. The Hall–Kier alpha value is -7.02. The summed E-state index contributed by atoms with van der Waals surface area (Å²) >= 11 is 8.23. The third kappa shape index (κ3) is 15.0. The van der Waals surface area contributed by atoms with Gasteiger partial charge in [0.1, 0.15) is 0 Å². The molecule has 4 N–H and O–H groups in total. The number of carboxylic acids is 2. The molecule has 0 fully saturated rings. The minimum atomic E-state index is -1.33. The molecule has 10 nitrogen and oxygen atoms in total. The number of unbranched alkanes of at least 4 members (excludes halogenated alkanes) is 12. The number of rotatable bonds is 36. The second kappa shape index (κ2) is 31.7. The Morgan fingerprint density at radius 2 is 0.926 bits per heavy atom. The number of alkyl halides is 1. The van der Waals surface area contributed by atoms with Crippen molar-refractivity contribution < 1.29 is 29.4 Å². The first-order valence-electron chi connectivity index (χ1n) is 35.6. The van der Waals surface area contributed by atoms with Crippen molar-refractivity contribution in [1.29, 1.82) is 0 Å². The number of aliphatic carboxylic acids is 2. The van der Waals surface area contributed by atoms with Crippen LogP contribution in [0, 0.1) is 5.92 Å². The van der Waals surface area contributed by atoms with Crippen LogP contribution in [0.15, 0.2) is 120 Å². The molecule has 2 amide bonds. The van der Waals surface area contributed by atoms with Crippen LogP contribution in [-0.2, 0) is 68.7 Å². The molecule has 0 spiro atoms. The number of aryl methyl sites for hydroxylation is 6. The molecule has 0 saturated heterocycles. The number of aromatic nitrogens is 2. The largest absolute Gasteiger partial charge is 0.481 e. The highest BCUT2D eigenvalue weighted by Crippen LogP contribution is 2.56. The van der Waals surface area contributed by atoms with Crippen molar-refractivity contribution in [1.82, 2.24) is 19.8 Å². The van der Waals surface area contributed by atoms with Gasteiger partial charge < -0.3 is 30.0 Å². The zero-order valence-corrected chi connectivity index (χ0v) is 59.1. The molecule has 1 aliphatic carbocycles. The van der Waals surface area contributed by atoms with Gasteiger partial charge in [0.25, 0.3) is 0 Å². The van der Waals surface area contributed by atoms with E-state index in [0.29, 0.717) is 60.8 Å². The maximum absolute atomic E-state index is 15.2. The van der Waals surface area contributed by atoms with E-state index in [-0.39, 0.29) is 31.1 Å². The molecule has 2 heterocycles. The van der Waals surface area contributed by atoms with Gasteiger partial charge in [-0.1, -0.05) is 197 Å². The number of nitrogens with zero attached hydrogens (tertiary/aromatic N) is 2. The third-order valence-corrected chi connectivity index (χ3v) is 22.2. The molecule has 0 aliphatic heterocycles. The van der Waals surface area contributed by atoms with Crippen LogP contribution < -0.4 is 15.9 Å². The average Bonchev–Trinajstić information content (AvgIpc) is 0.909. The number of carbonyl (C=O) groups excluding carboxylic acids is 2. The van der Waals surface area contributed by atoms with Crippen molar-refractivity contribution in [2.24, 2.45) is 5.92 Å². The number of benzene rings is 8. The van der Waals surface area contributed by atoms with E-state index in [0.717, 1.165) is 62.7 Å². The van der Waals surface area contributed by atoms with Crippen molar-refractivity contribution in [3.63, 3.8) is 0 Å². The van der Waals surface area contributed by atoms with Gasteiger partial charge in [-0.2, -0.15) is 0 Å². The molecule has 2 aromatic heterocycles. The van der Waals surface area contributed by atoms with E-state index in [4.69, 9.17) is 0 Å². The molecule has 94 heavy (non-hydrogen) atoms. The van der Waals surface area contributed by atoms with Crippen molar-refractivity contribution in [2.45, 2.75) is 212 Å². The lowest BCUT2D eigenvalue weighted by Gasteiger charge is -2.42. The molecule has 8 aromatic carbocycles. The second-order valence-electron chi connectivity index (χ2n) is 27.0. The SMILES string of the molecule is CCCCCCc1ccc2c(c1)c1cc(CCCCCC)ccc1n2CCCNC(=O)CC1C(CC(=O)O)=c2c(CC(=O)O)ccc3c2c(c2cccc4ccc(Br)c3c42)C1(Br)CC(=O)NCCCn1c2ccc(CCCCCC)cc2c2cc(CCCCCC)ccc21. The zero-order chi connectivity index (χ0) is 65.9. The lowest BCUT2D eigenvalue weighted by Crippen LogP contribution is -2.45. The van der Waals surface area contributed by atoms with Gasteiger partial charge in [-0.15, -0.1) is 0 Å². The lowest BCUT2D eigenvalue weighted by molar-refractivity contribution is -0.137. The Balaban J connectivity index is 0.905. The Morgan fingerprint density at radius 1 is 0.468 bits per heavy atom. The molecule has 494 valence electrons. The summed E-state index contributed by atoms with van der Waals surface area (Å²) in [7, 11) is 0. The molecular weight excluding hydrogens is 1300 g/mol. The number of carbonyl (C=O) groups is 4. The van der Waals surface area contributed by atoms with E-state index in [1.807, 2.05) is 30.3 Å². The summed E-state index contributed by atoms with van der Waals surface area (Å²) in [5, 5.41) is 38.9. The van der Waals surface area contributed by atoms with Crippen molar-refractivity contribution in [3.05, 3.63) is 158 Å². The molecule has 12 heteroatoms. The van der Waals surface area contributed by atoms with Gasteiger partial charge in [-0.3, -0.25) is 19.2 Å². The molecule has 0 bridgehead atoms. The summed E-state index contributed by atoms with van der Waals surface area (Å²) in [6.45, 7) is 11.1. The van der Waals surface area contributed by atoms with E-state index in [1.165, 1.54) is 169 Å². The Kier molecular flexibility index (Phi) is 23.0. The Labute approximate surface area is 571 Å². The van der Waals surface area contributed by atoms with Gasteiger partial charge in [0.2, 0.25) is 11.8 Å². The van der Waals surface area contributed by atoms with Gasteiger partial charge in [0, 0.05) is 98.4 Å². The summed E-state index contributed by atoms with van der Waals surface area (Å²) in [6, 6.07) is 41.8. The van der Waals surface area contributed by atoms with Crippen LogP contribution in [0.2, 0.25) is 0 Å². The smallest absolute Gasteiger partial charge is 0.307 e. The van der Waals surface area contributed by atoms with Crippen LogP contribution in [0.4, 0.5) is 0 Å². The van der Waals surface area contributed by atoms with E-state index in [2.05, 4.69) is 164 Å². The van der Waals surface area contributed by atoms with E-state index in [9.17, 15) is 19.8 Å². The third-order valence-electron chi connectivity index (χ3n) is 20.3. The van der Waals surface area contributed by atoms with Crippen LogP contribution >= 0.6 is 31.9 Å². The van der Waals surface area contributed by atoms with Crippen LogP contribution in [0.3, 0.4) is 0 Å². The minimum Gasteiger partial charge on any atom is -0.481 e. The van der Waals surface area contributed by atoms with Crippen molar-refractivity contribution >= 4 is 137 Å². The minimum absolute atomic E-state index is 0.128. The molecule has 11 rings (SSSR count). The number of hydrogen-bond acceptors (Lipinski definition) is 4. The first-order chi connectivity index (χ1) is 45.7. The van der Waals surface area contributed by atoms with Gasteiger partial charge in [0.15, 0.2) is 0 Å². The van der Waals surface area contributed by atoms with Gasteiger partial charge in [0.05, 0.1) is 17.2 Å². The maximum atomic E-state index is 15.2. The number of carboxylic acid groups (broad SMARTS) is 2. The molecule has 2 atom stereocenters. The van der Waals surface area contributed by atoms with Gasteiger partial charge >= 0.3 is 11.9 Å². The number of fused-ring (bicyclic) bond motifs is 8. The van der Waals surface area contributed by atoms with Crippen LogP contribution in [0.25, 0.3) is 81.5 Å². The quantitative estimate of drug-likeness (QED) is 0.0133. The fraction of sp³-hybridized carbons (Fsp3) is 0.439. The standard InChI is InChI=1S/C82H96Br2N4O6/c1-5-9-13-17-24-54-30-38-69-62(46-54)63-47-55(25-18-14-10-6-2)31-39-70(63)87(69)44-22-42-85-73(89)52-67-66(51-76(93)94)78-59(50-75(91)92)34-36-60-79-68(83)37-35-58-28-21-29-61(77(58)79)81(80(60)78)82(67,84)53-74(90)86-43-23-45-88-71-40-32-56(26-19-15-11-7-3)48-64(71)65-49-57(33-41-72(65)88)27-20-16-12-8-4/h21,28-41,46-49,67H,5-20,22-27,42-45,50-53H2,1-4H3,(H,85,89)(H,86,90)(H,91,92)(H,93,94). The lowest BCUT2D eigenvalue weighted by atomic mass is 9.67. The number of nitrogens with one attached hydrogen (secondary N) is 2. The zero-order valence-electron chi connectivity index (χ0n) is 55.9. The first-order valence-corrected chi connectivity index (χ1v) is 37.2. The summed E-state index contributed by atoms with van der Waals surface area (Å²) in [5.74, 6) is -3.59. The van der Waals surface area contributed by atoms with Crippen LogP contribution in [0.5, 0.6) is 0 Å². The monoisotopic (exact) mass is 1390 g/mol. The summed E-state index contributed by atoms with van der Waals surface area (Å²) in [4.78, 5) is 56.7. The summed E-state index contributed by atoms with van der Waals surface area (Å²) < 4.78 is 4.31. The first kappa shape index (κ1) is 68.4. The molecule has 1 aliphatic rings. The molecule has 0 radical (unpaired) electrons. The molecule has 10 aromatic rings. The predicted molar refractivity (Wildman–Crippen MR) is 398 cm³/mol. The highest BCUT2D eigenvalue weighted by molar-refractivity contribution is 9.10. The number of hydrogen-bond donors (Lipinski definition) is 4. The normalized spacial score (nSPS) is 14.9. The van der Waals surface area contributed by atoms with Gasteiger partial charge in [-0.05, 0) is 190 Å². The van der Waals surface area contributed by atoms with Crippen LogP contribution in [0.1, 0.15) is 196 Å². The van der Waals surface area contributed by atoms with E-state index in [1.54, 1.807) is 0 Å². The Morgan fingerprint density at radius 3 is 1.37 bits per heavy atom. The van der Waals surface area contributed by atoms with E-state index < -0.39 is 28.6 Å². The number of halogens is 2. The molecular formula is C82H96Br2N4O6. The topological polar surface area (TPSA) is 143 Å². The van der Waals surface area contributed by atoms with Crippen molar-refractivity contribution in [3.8, 4) is 0 Å². The molecule has 2 unspecified atom stereocenters. The molecule has 0 saturated carbocycles. The Bertz CT molecular complexity index is 4330.